The molecule has 2 nitrogen and oxygen atoms in total. The summed E-state index contributed by atoms with van der Waals surface area (Å²) in [4.78, 5) is 11.4. The fourth-order valence-corrected chi connectivity index (χ4v) is 3.14. The molecule has 2 rings (SSSR count). The zero-order chi connectivity index (χ0) is 13.9. The molecule has 2 heteroatoms. The van der Waals surface area contributed by atoms with E-state index in [0.29, 0.717) is 18.4 Å². The Kier molecular flexibility index (Phi) is 4.41. The zero-order valence-corrected chi connectivity index (χ0v) is 12.1. The number of aldehydes is 1. The van der Waals surface area contributed by atoms with Gasteiger partial charge in [0.1, 0.15) is 6.29 Å². The van der Waals surface area contributed by atoms with Gasteiger partial charge in [0, 0.05) is 5.41 Å². The normalized spacial score (nSPS) is 30.7. The van der Waals surface area contributed by atoms with Crippen LogP contribution in [0, 0.1) is 17.3 Å². The first-order chi connectivity index (χ1) is 9.07. The number of hydrogen-bond donors (Lipinski definition) is 0. The zero-order valence-electron chi connectivity index (χ0n) is 12.1. The van der Waals surface area contributed by atoms with Gasteiger partial charge in [-0.15, -0.1) is 0 Å². The maximum absolute atomic E-state index is 11.4. The van der Waals surface area contributed by atoms with Crippen molar-refractivity contribution in [3.8, 4) is 0 Å². The van der Waals surface area contributed by atoms with E-state index in [1.165, 1.54) is 5.56 Å². The van der Waals surface area contributed by atoms with E-state index in [1.54, 1.807) is 0 Å². The molecule has 0 heterocycles. The summed E-state index contributed by atoms with van der Waals surface area (Å²) in [6, 6.07) is 10.2. The van der Waals surface area contributed by atoms with Crippen molar-refractivity contribution in [1.29, 1.82) is 0 Å². The van der Waals surface area contributed by atoms with Crippen LogP contribution in [0.25, 0.3) is 0 Å². The van der Waals surface area contributed by atoms with E-state index in [0.717, 1.165) is 19.1 Å². The van der Waals surface area contributed by atoms with E-state index in [-0.39, 0.29) is 11.5 Å². The van der Waals surface area contributed by atoms with E-state index in [9.17, 15) is 4.79 Å². The van der Waals surface area contributed by atoms with Crippen LogP contribution in [0.1, 0.15) is 39.2 Å². The first kappa shape index (κ1) is 14.3. The molecule has 0 saturated heterocycles. The van der Waals surface area contributed by atoms with Gasteiger partial charge in [0.25, 0.3) is 0 Å². The highest BCUT2D eigenvalue weighted by Gasteiger charge is 2.46. The molecule has 1 aliphatic carbocycles. The fraction of sp³-hybridized carbons (Fsp3) is 0.588. The molecular formula is C17H24O2. The predicted octanol–water partition coefficient (Wildman–Crippen LogP) is 3.84. The molecule has 0 bridgehead atoms. The van der Waals surface area contributed by atoms with Crippen LogP contribution in [0.15, 0.2) is 30.3 Å². The standard InChI is InChI=1S/C17H24O2/c1-13(2)15-9-10-17(3,12-18)16(15)19-11-14-7-5-4-6-8-14/h4-8,12-13,15-16H,9-11H2,1-3H3/t15-,16-,17+/m1/s1. The SMILES string of the molecule is CC(C)[C@H]1CC[C@@](C)(C=O)[C@@H]1OCc1ccccc1. The third kappa shape index (κ3) is 3.06. The number of hydrogen-bond acceptors (Lipinski definition) is 2. The lowest BCUT2D eigenvalue weighted by Gasteiger charge is -2.31. The highest BCUT2D eigenvalue weighted by molar-refractivity contribution is 5.60. The van der Waals surface area contributed by atoms with Gasteiger partial charge >= 0.3 is 0 Å². The van der Waals surface area contributed by atoms with E-state index >= 15 is 0 Å². The molecule has 1 aromatic rings. The van der Waals surface area contributed by atoms with Crippen molar-refractivity contribution < 1.29 is 9.53 Å². The molecule has 0 N–H and O–H groups in total. The predicted molar refractivity (Wildman–Crippen MR) is 76.8 cm³/mol. The monoisotopic (exact) mass is 260 g/mol. The number of benzene rings is 1. The van der Waals surface area contributed by atoms with E-state index in [4.69, 9.17) is 4.74 Å². The van der Waals surface area contributed by atoms with Crippen molar-refractivity contribution in [3.63, 3.8) is 0 Å². The Morgan fingerprint density at radius 3 is 2.63 bits per heavy atom. The van der Waals surface area contributed by atoms with Crippen molar-refractivity contribution in [3.05, 3.63) is 35.9 Å². The number of ether oxygens (including phenoxy) is 1. The maximum atomic E-state index is 11.4. The average molecular weight is 260 g/mol. The van der Waals surface area contributed by atoms with Gasteiger partial charge in [0.05, 0.1) is 12.7 Å². The molecule has 0 spiro atoms. The Hall–Kier alpha value is -1.15. The van der Waals surface area contributed by atoms with Crippen LogP contribution in [-0.4, -0.2) is 12.4 Å². The molecule has 19 heavy (non-hydrogen) atoms. The summed E-state index contributed by atoms with van der Waals surface area (Å²) in [6.45, 7) is 7.08. The van der Waals surface area contributed by atoms with Crippen LogP contribution in [0.5, 0.6) is 0 Å². The second-order valence-corrected chi connectivity index (χ2v) is 6.29. The minimum absolute atomic E-state index is 0.0465. The quantitative estimate of drug-likeness (QED) is 0.752. The first-order valence-corrected chi connectivity index (χ1v) is 7.18. The average Bonchev–Trinajstić information content (AvgIpc) is 2.76. The first-order valence-electron chi connectivity index (χ1n) is 7.18. The van der Waals surface area contributed by atoms with Gasteiger partial charge in [-0.25, -0.2) is 0 Å². The summed E-state index contributed by atoms with van der Waals surface area (Å²) >= 11 is 0. The van der Waals surface area contributed by atoms with Crippen LogP contribution in [0.4, 0.5) is 0 Å². The number of carbonyl (C=O) groups excluding carboxylic acids is 1. The summed E-state index contributed by atoms with van der Waals surface area (Å²) in [6.07, 6.45) is 3.18. The second-order valence-electron chi connectivity index (χ2n) is 6.29. The lowest BCUT2D eigenvalue weighted by molar-refractivity contribution is -0.126. The van der Waals surface area contributed by atoms with Crippen LogP contribution < -0.4 is 0 Å². The van der Waals surface area contributed by atoms with Gasteiger partial charge in [0.2, 0.25) is 0 Å². The van der Waals surface area contributed by atoms with Crippen LogP contribution in [0.2, 0.25) is 0 Å². The van der Waals surface area contributed by atoms with Crippen LogP contribution in [0.3, 0.4) is 0 Å². The highest BCUT2D eigenvalue weighted by Crippen LogP contribution is 2.45. The molecule has 0 unspecified atom stereocenters. The Balaban J connectivity index is 2.07. The molecular weight excluding hydrogens is 236 g/mol. The molecule has 1 aliphatic rings. The summed E-state index contributed by atoms with van der Waals surface area (Å²) in [7, 11) is 0. The third-order valence-corrected chi connectivity index (χ3v) is 4.45. The van der Waals surface area contributed by atoms with Gasteiger partial charge in [-0.1, -0.05) is 51.1 Å². The summed E-state index contributed by atoms with van der Waals surface area (Å²) in [5.74, 6) is 1.04. The van der Waals surface area contributed by atoms with Crippen molar-refractivity contribution in [2.24, 2.45) is 17.3 Å². The molecule has 0 radical (unpaired) electrons. The van der Waals surface area contributed by atoms with Gasteiger partial charge in [0.15, 0.2) is 0 Å². The van der Waals surface area contributed by atoms with Crippen molar-refractivity contribution in [1.82, 2.24) is 0 Å². The second kappa shape index (κ2) is 5.87. The van der Waals surface area contributed by atoms with E-state index in [2.05, 4.69) is 26.0 Å². The van der Waals surface area contributed by atoms with Gasteiger partial charge in [-0.05, 0) is 30.2 Å². The molecule has 0 aliphatic heterocycles. The van der Waals surface area contributed by atoms with Gasteiger partial charge in [-0.3, -0.25) is 0 Å². The summed E-state index contributed by atoms with van der Waals surface area (Å²) in [5.41, 5.74) is 0.856. The van der Waals surface area contributed by atoms with Crippen LogP contribution in [-0.2, 0) is 16.1 Å². The highest BCUT2D eigenvalue weighted by atomic mass is 16.5. The van der Waals surface area contributed by atoms with Crippen molar-refractivity contribution in [2.75, 3.05) is 0 Å². The number of rotatable bonds is 5. The molecule has 1 fully saturated rings. The van der Waals surface area contributed by atoms with Crippen molar-refractivity contribution in [2.45, 2.75) is 46.3 Å². The van der Waals surface area contributed by atoms with E-state index in [1.807, 2.05) is 25.1 Å². The molecule has 0 amide bonds. The molecule has 1 saturated carbocycles. The largest absolute Gasteiger partial charge is 0.372 e. The molecule has 1 aromatic carbocycles. The van der Waals surface area contributed by atoms with E-state index < -0.39 is 0 Å². The fourth-order valence-electron chi connectivity index (χ4n) is 3.14. The topological polar surface area (TPSA) is 26.3 Å². The summed E-state index contributed by atoms with van der Waals surface area (Å²) in [5, 5.41) is 0. The third-order valence-electron chi connectivity index (χ3n) is 4.45. The minimum Gasteiger partial charge on any atom is -0.372 e. The maximum Gasteiger partial charge on any atom is 0.128 e. The molecule has 3 atom stereocenters. The molecule has 104 valence electrons. The van der Waals surface area contributed by atoms with Gasteiger partial charge in [-0.2, -0.15) is 0 Å². The Labute approximate surface area is 116 Å². The van der Waals surface area contributed by atoms with Gasteiger partial charge < -0.3 is 9.53 Å². The number of carbonyl (C=O) groups is 1. The summed E-state index contributed by atoms with van der Waals surface area (Å²) < 4.78 is 6.14. The smallest absolute Gasteiger partial charge is 0.128 e. The lowest BCUT2D eigenvalue weighted by Crippen LogP contribution is -2.36. The Morgan fingerprint density at radius 1 is 1.37 bits per heavy atom. The lowest BCUT2D eigenvalue weighted by atomic mass is 9.83. The van der Waals surface area contributed by atoms with Crippen LogP contribution >= 0.6 is 0 Å². The Bertz CT molecular complexity index is 413. The minimum atomic E-state index is -0.316. The van der Waals surface area contributed by atoms with Crippen molar-refractivity contribution >= 4 is 6.29 Å². The molecule has 0 aromatic heterocycles. The Morgan fingerprint density at radius 2 is 2.05 bits per heavy atom.